The topological polar surface area (TPSA) is 9.23 Å². The molecule has 1 atom stereocenters. The van der Waals surface area contributed by atoms with Gasteiger partial charge in [0.05, 0.1) is 6.61 Å². The Balaban J connectivity index is 2.19. The van der Waals surface area contributed by atoms with Crippen LogP contribution in [-0.2, 0) is 0 Å². The highest BCUT2D eigenvalue weighted by Gasteiger charge is 2.27. The van der Waals surface area contributed by atoms with Crippen molar-refractivity contribution in [3.8, 4) is 5.75 Å². The maximum atomic E-state index is 13.6. The zero-order valence-electron chi connectivity index (χ0n) is 12.6. The number of hydrogen-bond acceptors (Lipinski definition) is 1. The van der Waals surface area contributed by atoms with Crippen molar-refractivity contribution in [3.05, 3.63) is 65.7 Å². The normalized spacial score (nSPS) is 13.0. The van der Waals surface area contributed by atoms with Crippen LogP contribution in [-0.4, -0.2) is 6.61 Å². The molecule has 0 amide bonds. The molecule has 112 valence electrons. The van der Waals surface area contributed by atoms with Gasteiger partial charge in [0.15, 0.2) is 11.6 Å². The number of rotatable bonds is 4. The molecule has 0 N–H and O–H groups in total. The lowest BCUT2D eigenvalue weighted by Gasteiger charge is -2.31. The quantitative estimate of drug-likeness (QED) is 0.754. The number of ether oxygens (including phenoxy) is 1. The molecule has 1 unspecified atom stereocenters. The molecule has 0 saturated heterocycles. The van der Waals surface area contributed by atoms with E-state index >= 15 is 0 Å². The summed E-state index contributed by atoms with van der Waals surface area (Å²) in [5.41, 5.74) is 1.08. The molecule has 0 aliphatic carbocycles. The second kappa shape index (κ2) is 6.25. The summed E-state index contributed by atoms with van der Waals surface area (Å²) in [7, 11) is 0. The second-order valence-electron chi connectivity index (χ2n) is 6.22. The standard InChI is InChI=1S/C18H20F2O/c1-18(2,3)15(13-7-5-4-6-8-13)12-21-17-11-14(19)9-10-16(17)20/h4-11,15H,12H2,1-3H3. The molecule has 2 aromatic carbocycles. The fourth-order valence-electron chi connectivity index (χ4n) is 2.29. The van der Waals surface area contributed by atoms with Gasteiger partial charge in [-0.15, -0.1) is 0 Å². The van der Waals surface area contributed by atoms with Gasteiger partial charge in [0.25, 0.3) is 0 Å². The van der Waals surface area contributed by atoms with Crippen LogP contribution >= 0.6 is 0 Å². The van der Waals surface area contributed by atoms with Gasteiger partial charge in [-0.05, 0) is 23.1 Å². The molecule has 3 heteroatoms. The summed E-state index contributed by atoms with van der Waals surface area (Å²) in [5, 5.41) is 0. The van der Waals surface area contributed by atoms with Crippen LogP contribution in [0.15, 0.2) is 48.5 Å². The zero-order valence-corrected chi connectivity index (χ0v) is 12.6. The van der Waals surface area contributed by atoms with Crippen molar-refractivity contribution < 1.29 is 13.5 Å². The smallest absolute Gasteiger partial charge is 0.165 e. The van der Waals surface area contributed by atoms with Crippen LogP contribution < -0.4 is 4.74 Å². The minimum absolute atomic E-state index is 0.0415. The first-order valence-electron chi connectivity index (χ1n) is 7.01. The molecule has 0 fully saturated rings. The first-order chi connectivity index (χ1) is 9.88. The van der Waals surface area contributed by atoms with Crippen molar-refractivity contribution in [2.45, 2.75) is 26.7 Å². The van der Waals surface area contributed by atoms with E-state index in [9.17, 15) is 8.78 Å². The van der Waals surface area contributed by atoms with Gasteiger partial charge in [0.2, 0.25) is 0 Å². The Morgan fingerprint density at radius 2 is 1.67 bits per heavy atom. The molecule has 2 rings (SSSR count). The van der Waals surface area contributed by atoms with Crippen LogP contribution in [0.2, 0.25) is 0 Å². The van der Waals surface area contributed by atoms with Gasteiger partial charge < -0.3 is 4.74 Å². The first-order valence-corrected chi connectivity index (χ1v) is 7.01. The van der Waals surface area contributed by atoms with Crippen LogP contribution in [0.5, 0.6) is 5.75 Å². The van der Waals surface area contributed by atoms with Crippen LogP contribution in [0.1, 0.15) is 32.3 Å². The van der Waals surface area contributed by atoms with E-state index < -0.39 is 11.6 Å². The van der Waals surface area contributed by atoms with E-state index in [0.717, 1.165) is 23.8 Å². The predicted octanol–water partition coefficient (Wildman–Crippen LogP) is 5.17. The van der Waals surface area contributed by atoms with Gasteiger partial charge in [0, 0.05) is 12.0 Å². The Hall–Kier alpha value is -1.90. The minimum Gasteiger partial charge on any atom is -0.490 e. The third kappa shape index (κ3) is 4.03. The van der Waals surface area contributed by atoms with Crippen LogP contribution in [0.4, 0.5) is 8.78 Å². The molecule has 0 spiro atoms. The molecular weight excluding hydrogens is 270 g/mol. The van der Waals surface area contributed by atoms with Crippen LogP contribution in [0.25, 0.3) is 0 Å². The Morgan fingerprint density at radius 1 is 1.00 bits per heavy atom. The van der Waals surface area contributed by atoms with E-state index in [0.29, 0.717) is 6.61 Å². The highest BCUT2D eigenvalue weighted by atomic mass is 19.1. The molecule has 0 aliphatic rings. The molecule has 21 heavy (non-hydrogen) atoms. The third-order valence-electron chi connectivity index (χ3n) is 3.55. The lowest BCUT2D eigenvalue weighted by atomic mass is 9.77. The number of hydrogen-bond donors (Lipinski definition) is 0. The van der Waals surface area contributed by atoms with Gasteiger partial charge in [0.1, 0.15) is 5.82 Å². The average Bonchev–Trinajstić information content (AvgIpc) is 2.42. The lowest BCUT2D eigenvalue weighted by molar-refractivity contribution is 0.197. The van der Waals surface area contributed by atoms with Crippen LogP contribution in [0.3, 0.4) is 0 Å². The summed E-state index contributed by atoms with van der Waals surface area (Å²) in [6.45, 7) is 6.62. The Bertz CT molecular complexity index is 588. The van der Waals surface area contributed by atoms with Gasteiger partial charge in [-0.2, -0.15) is 0 Å². The Labute approximate surface area is 124 Å². The summed E-state index contributed by atoms with van der Waals surface area (Å²) in [6.07, 6.45) is 0. The van der Waals surface area contributed by atoms with Crippen molar-refractivity contribution in [1.29, 1.82) is 0 Å². The van der Waals surface area contributed by atoms with Gasteiger partial charge in [-0.3, -0.25) is 0 Å². The number of benzene rings is 2. The predicted molar refractivity (Wildman–Crippen MR) is 80.5 cm³/mol. The molecule has 2 aromatic rings. The molecule has 0 aliphatic heterocycles. The maximum absolute atomic E-state index is 13.6. The minimum atomic E-state index is -0.544. The fourth-order valence-corrected chi connectivity index (χ4v) is 2.29. The molecule has 0 aromatic heterocycles. The SMILES string of the molecule is CC(C)(C)C(COc1cc(F)ccc1F)c1ccccc1. The summed E-state index contributed by atoms with van der Waals surface area (Å²) < 4.78 is 32.4. The Kier molecular flexibility index (Phi) is 4.61. The second-order valence-corrected chi connectivity index (χ2v) is 6.22. The van der Waals surface area contributed by atoms with Gasteiger partial charge in [-0.1, -0.05) is 51.1 Å². The molecule has 1 nitrogen and oxygen atoms in total. The van der Waals surface area contributed by atoms with E-state index in [1.54, 1.807) is 0 Å². The average molecular weight is 290 g/mol. The first kappa shape index (κ1) is 15.5. The van der Waals surface area contributed by atoms with Crippen molar-refractivity contribution >= 4 is 0 Å². The van der Waals surface area contributed by atoms with E-state index in [2.05, 4.69) is 20.8 Å². The van der Waals surface area contributed by atoms with Crippen molar-refractivity contribution in [2.75, 3.05) is 6.61 Å². The summed E-state index contributed by atoms with van der Waals surface area (Å²) >= 11 is 0. The molecule has 0 heterocycles. The summed E-state index contributed by atoms with van der Waals surface area (Å²) in [4.78, 5) is 0. The maximum Gasteiger partial charge on any atom is 0.165 e. The summed E-state index contributed by atoms with van der Waals surface area (Å²) in [6, 6.07) is 13.2. The molecule has 0 saturated carbocycles. The van der Waals surface area contributed by atoms with Crippen molar-refractivity contribution in [2.24, 2.45) is 5.41 Å². The van der Waals surface area contributed by atoms with E-state index in [1.807, 2.05) is 30.3 Å². The molecule has 0 radical (unpaired) electrons. The van der Waals surface area contributed by atoms with E-state index in [4.69, 9.17) is 4.74 Å². The third-order valence-corrected chi connectivity index (χ3v) is 3.55. The van der Waals surface area contributed by atoms with Gasteiger partial charge >= 0.3 is 0 Å². The zero-order chi connectivity index (χ0) is 15.5. The van der Waals surface area contributed by atoms with E-state index in [1.165, 1.54) is 0 Å². The van der Waals surface area contributed by atoms with Crippen LogP contribution in [0, 0.1) is 17.0 Å². The molecular formula is C18H20F2O. The van der Waals surface area contributed by atoms with Crippen molar-refractivity contribution in [1.82, 2.24) is 0 Å². The number of halogens is 2. The Morgan fingerprint density at radius 3 is 2.29 bits per heavy atom. The summed E-state index contributed by atoms with van der Waals surface area (Å²) in [5.74, 6) is -1.00. The highest BCUT2D eigenvalue weighted by molar-refractivity contribution is 5.26. The van der Waals surface area contributed by atoms with E-state index in [-0.39, 0.29) is 17.1 Å². The highest BCUT2D eigenvalue weighted by Crippen LogP contribution is 2.35. The monoisotopic (exact) mass is 290 g/mol. The van der Waals surface area contributed by atoms with Gasteiger partial charge in [-0.25, -0.2) is 8.78 Å². The largest absolute Gasteiger partial charge is 0.490 e. The fraction of sp³-hybridized carbons (Fsp3) is 0.333. The lowest BCUT2D eigenvalue weighted by Crippen LogP contribution is -2.24. The molecule has 0 bridgehead atoms. The van der Waals surface area contributed by atoms with Crippen molar-refractivity contribution in [3.63, 3.8) is 0 Å².